The lowest BCUT2D eigenvalue weighted by Gasteiger charge is -2.32. The third-order valence-corrected chi connectivity index (χ3v) is 7.38. The second-order valence-electron chi connectivity index (χ2n) is 10.3. The molecule has 1 N–H and O–H groups in total. The summed E-state index contributed by atoms with van der Waals surface area (Å²) < 4.78 is 7.48. The number of pyridine rings is 3. The standard InChI is InChI=1S/C31H33N7O2/c1-22-7-5-8-26(34-22)30-29(28-9-3-4-16-38(28)35-30)25-12-14-32-27-21-23(10-11-24(25)27)40-31(39)33-13-6-15-37-19-17-36(2)18-20-37/h3-5,7-12,14,16,21H,6,13,15,17-20H2,1-2H3,(H,33,39). The SMILES string of the molecule is Cc1cccc(-c2nn3ccccc3c2-c2ccnc3cc(OC(=O)NCCCN4CCN(C)CC4)ccc23)n1. The third-order valence-electron chi connectivity index (χ3n) is 7.38. The Balaban J connectivity index is 1.21. The molecule has 0 radical (unpaired) electrons. The molecule has 1 saturated heterocycles. The van der Waals surface area contributed by atoms with Crippen LogP contribution in [0.15, 0.2) is 73.1 Å². The number of ether oxygens (including phenoxy) is 1. The van der Waals surface area contributed by atoms with Crippen molar-refractivity contribution in [1.82, 2.24) is 34.7 Å². The van der Waals surface area contributed by atoms with Crippen molar-refractivity contribution in [1.29, 1.82) is 0 Å². The average molecular weight is 536 g/mol. The summed E-state index contributed by atoms with van der Waals surface area (Å²) in [6.45, 7) is 7.86. The third kappa shape index (κ3) is 5.52. The maximum Gasteiger partial charge on any atom is 0.412 e. The predicted molar refractivity (Wildman–Crippen MR) is 156 cm³/mol. The lowest BCUT2D eigenvalue weighted by Crippen LogP contribution is -2.45. The first kappa shape index (κ1) is 25.9. The first-order chi connectivity index (χ1) is 19.5. The van der Waals surface area contributed by atoms with Crippen LogP contribution in [0.3, 0.4) is 0 Å². The zero-order valence-corrected chi connectivity index (χ0v) is 22.9. The van der Waals surface area contributed by atoms with Crippen molar-refractivity contribution in [3.05, 3.63) is 78.8 Å². The van der Waals surface area contributed by atoms with E-state index in [9.17, 15) is 4.79 Å². The minimum Gasteiger partial charge on any atom is -0.410 e. The molecule has 1 aromatic carbocycles. The molecule has 0 unspecified atom stereocenters. The van der Waals surface area contributed by atoms with Gasteiger partial charge in [0.1, 0.15) is 11.4 Å². The molecule has 0 bridgehead atoms. The average Bonchev–Trinajstić information content (AvgIpc) is 3.35. The fourth-order valence-corrected chi connectivity index (χ4v) is 5.24. The Labute approximate surface area is 233 Å². The van der Waals surface area contributed by atoms with Crippen molar-refractivity contribution in [3.8, 4) is 28.3 Å². The molecule has 5 heterocycles. The van der Waals surface area contributed by atoms with Gasteiger partial charge in [0.05, 0.1) is 16.7 Å². The van der Waals surface area contributed by atoms with Crippen LogP contribution in [0.5, 0.6) is 5.75 Å². The molecule has 40 heavy (non-hydrogen) atoms. The first-order valence-corrected chi connectivity index (χ1v) is 13.7. The summed E-state index contributed by atoms with van der Waals surface area (Å²) >= 11 is 0. The van der Waals surface area contributed by atoms with Crippen LogP contribution in [0.4, 0.5) is 4.79 Å². The van der Waals surface area contributed by atoms with Gasteiger partial charge in [-0.05, 0) is 75.0 Å². The van der Waals surface area contributed by atoms with Crippen molar-refractivity contribution in [3.63, 3.8) is 0 Å². The van der Waals surface area contributed by atoms with E-state index in [0.29, 0.717) is 12.3 Å². The molecule has 0 atom stereocenters. The fraction of sp³-hybridized carbons (Fsp3) is 0.290. The van der Waals surface area contributed by atoms with E-state index in [1.54, 1.807) is 12.3 Å². The number of benzene rings is 1. The molecule has 9 heteroatoms. The van der Waals surface area contributed by atoms with Crippen LogP contribution in [0.1, 0.15) is 12.1 Å². The summed E-state index contributed by atoms with van der Waals surface area (Å²) in [6, 6.07) is 19.6. The quantitative estimate of drug-likeness (QED) is 0.304. The molecule has 0 saturated carbocycles. The van der Waals surface area contributed by atoms with Gasteiger partial charge in [-0.25, -0.2) is 9.31 Å². The summed E-state index contributed by atoms with van der Waals surface area (Å²) in [7, 11) is 2.15. The summed E-state index contributed by atoms with van der Waals surface area (Å²) in [5, 5.41) is 8.70. The molecule has 0 spiro atoms. The van der Waals surface area contributed by atoms with Gasteiger partial charge in [0, 0.05) is 67.8 Å². The van der Waals surface area contributed by atoms with Gasteiger partial charge in [-0.2, -0.15) is 5.10 Å². The number of hydrogen-bond acceptors (Lipinski definition) is 7. The number of piperazine rings is 1. The van der Waals surface area contributed by atoms with Crippen molar-refractivity contribution in [2.24, 2.45) is 0 Å². The number of hydrogen-bond donors (Lipinski definition) is 1. The van der Waals surface area contributed by atoms with Crippen LogP contribution in [0.25, 0.3) is 38.9 Å². The van der Waals surface area contributed by atoms with Gasteiger partial charge in [0.25, 0.3) is 0 Å². The molecule has 5 aromatic rings. The number of rotatable bonds is 7. The van der Waals surface area contributed by atoms with Gasteiger partial charge in [-0.1, -0.05) is 12.1 Å². The zero-order valence-electron chi connectivity index (χ0n) is 22.9. The highest BCUT2D eigenvalue weighted by Crippen LogP contribution is 2.38. The number of amides is 1. The van der Waals surface area contributed by atoms with Crippen LogP contribution < -0.4 is 10.1 Å². The minimum atomic E-state index is -0.454. The summed E-state index contributed by atoms with van der Waals surface area (Å²) in [5.74, 6) is 0.453. The number of aryl methyl sites for hydroxylation is 1. The number of nitrogens with one attached hydrogen (secondary N) is 1. The summed E-state index contributed by atoms with van der Waals surface area (Å²) in [5.41, 5.74) is 6.23. The Kier molecular flexibility index (Phi) is 7.39. The molecule has 9 nitrogen and oxygen atoms in total. The Morgan fingerprint density at radius 1 is 1.02 bits per heavy atom. The number of carbonyl (C=O) groups is 1. The molecule has 0 aliphatic carbocycles. The van der Waals surface area contributed by atoms with Crippen molar-refractivity contribution >= 4 is 22.5 Å². The van der Waals surface area contributed by atoms with Gasteiger partial charge in [-0.15, -0.1) is 0 Å². The Bertz CT molecular complexity index is 1660. The van der Waals surface area contributed by atoms with Crippen molar-refractivity contribution in [2.45, 2.75) is 13.3 Å². The number of aromatic nitrogens is 4. The van der Waals surface area contributed by atoms with Gasteiger partial charge in [-0.3, -0.25) is 9.97 Å². The van der Waals surface area contributed by atoms with Crippen LogP contribution in [-0.2, 0) is 0 Å². The van der Waals surface area contributed by atoms with E-state index >= 15 is 0 Å². The second-order valence-corrected chi connectivity index (χ2v) is 10.3. The van der Waals surface area contributed by atoms with Gasteiger partial charge >= 0.3 is 6.09 Å². The van der Waals surface area contributed by atoms with Gasteiger partial charge in [0.2, 0.25) is 0 Å². The second kappa shape index (κ2) is 11.4. The van der Waals surface area contributed by atoms with E-state index < -0.39 is 6.09 Å². The number of carbonyl (C=O) groups excluding carboxylic acids is 1. The molecular formula is C31H33N7O2. The molecule has 1 amide bonds. The summed E-state index contributed by atoms with van der Waals surface area (Å²) in [6.07, 6.45) is 4.15. The minimum absolute atomic E-state index is 0.453. The van der Waals surface area contributed by atoms with Gasteiger partial charge in [0.15, 0.2) is 0 Å². The highest BCUT2D eigenvalue weighted by molar-refractivity contribution is 6.03. The van der Waals surface area contributed by atoms with Crippen LogP contribution in [0.2, 0.25) is 0 Å². The Morgan fingerprint density at radius 3 is 2.75 bits per heavy atom. The molecule has 1 aliphatic rings. The Morgan fingerprint density at radius 2 is 1.90 bits per heavy atom. The maximum atomic E-state index is 12.5. The number of nitrogens with zero attached hydrogens (tertiary/aromatic N) is 6. The lowest BCUT2D eigenvalue weighted by molar-refractivity contribution is 0.152. The Hall–Kier alpha value is -4.34. The molecule has 204 valence electrons. The van der Waals surface area contributed by atoms with Crippen LogP contribution >= 0.6 is 0 Å². The monoisotopic (exact) mass is 535 g/mol. The van der Waals surface area contributed by atoms with E-state index in [-0.39, 0.29) is 0 Å². The van der Waals surface area contributed by atoms with Crippen LogP contribution in [-0.4, -0.2) is 81.8 Å². The highest BCUT2D eigenvalue weighted by atomic mass is 16.6. The molecule has 6 rings (SSSR count). The molecule has 1 fully saturated rings. The number of likely N-dealkylation sites (N-methyl/N-ethyl adjacent to an activating group) is 1. The lowest BCUT2D eigenvalue weighted by atomic mass is 9.98. The van der Waals surface area contributed by atoms with Crippen molar-refractivity contribution < 1.29 is 9.53 Å². The summed E-state index contributed by atoms with van der Waals surface area (Å²) in [4.78, 5) is 26.6. The van der Waals surface area contributed by atoms with E-state index in [1.807, 2.05) is 66.2 Å². The molecule has 1 aliphatic heterocycles. The maximum absolute atomic E-state index is 12.5. The van der Waals surface area contributed by atoms with Gasteiger partial charge < -0.3 is 19.9 Å². The topological polar surface area (TPSA) is 87.9 Å². The normalized spacial score (nSPS) is 14.6. The smallest absolute Gasteiger partial charge is 0.410 e. The van der Waals surface area contributed by atoms with E-state index in [0.717, 1.165) is 83.8 Å². The molecular weight excluding hydrogens is 502 g/mol. The van der Waals surface area contributed by atoms with Crippen molar-refractivity contribution in [2.75, 3.05) is 46.3 Å². The molecule has 4 aromatic heterocycles. The van der Waals surface area contributed by atoms with E-state index in [2.05, 4.69) is 33.2 Å². The fourth-order valence-electron chi connectivity index (χ4n) is 5.24. The number of fused-ring (bicyclic) bond motifs is 2. The predicted octanol–water partition coefficient (Wildman–Crippen LogP) is 4.65. The van der Waals surface area contributed by atoms with E-state index in [1.165, 1.54) is 0 Å². The van der Waals surface area contributed by atoms with Crippen LogP contribution in [0, 0.1) is 6.92 Å². The van der Waals surface area contributed by atoms with E-state index in [4.69, 9.17) is 14.8 Å². The highest BCUT2D eigenvalue weighted by Gasteiger charge is 2.20. The first-order valence-electron chi connectivity index (χ1n) is 13.7. The zero-order chi connectivity index (χ0) is 27.5. The largest absolute Gasteiger partial charge is 0.412 e.